The Morgan fingerprint density at radius 3 is 2.26 bits per heavy atom. The standard InChI is InChI=1S/C66H71FN4O13/c1-38-29-53-52-22-20-43-31-45(72)25-27-63(43,5)65(52,67)55(73)32-64(53,6)66(38,80)56(74)37-81-57(75)24-23-54(71-61(79)83-36-51-48-13-9-7-11-46(48)47-12-8-10-14-49(47)51)59(77)82-35-39-15-17-40(18-16-39)50(34-69-60(78)84-62(2,3)4)58(76)70-44-21-19-42-33-68-28-26-41(42)30-44/h7-19,21,25-28,30-31,33,38,50-55,73,80H,20,22-24,29,32,34-37H2,1-6H3,(H,69,78)(H,70,76)(H,71,79)/t38-,50-,52+,53+,54+,55+,63+,64+,65+,66+/m1/s1. The van der Waals surface area contributed by atoms with Crippen LogP contribution >= 0.6 is 0 Å². The molecule has 3 fully saturated rings. The number of aromatic nitrogens is 1. The quantitative estimate of drug-likeness (QED) is 0.0430. The molecule has 0 unspecified atom stereocenters. The maximum Gasteiger partial charge on any atom is 0.407 e. The molecule has 5 aliphatic carbocycles. The van der Waals surface area contributed by atoms with Gasteiger partial charge in [0.05, 0.1) is 12.0 Å². The highest BCUT2D eigenvalue weighted by molar-refractivity contribution is 6.01. The fourth-order valence-corrected chi connectivity index (χ4v) is 14.1. The van der Waals surface area contributed by atoms with Gasteiger partial charge in [0, 0.05) is 59.1 Å². The molecule has 5 N–H and O–H groups in total. The fourth-order valence-electron chi connectivity index (χ4n) is 14.1. The number of rotatable bonds is 17. The number of halogens is 1. The maximum atomic E-state index is 17.8. The van der Waals surface area contributed by atoms with Crippen molar-refractivity contribution in [2.24, 2.45) is 28.6 Å². The molecule has 0 radical (unpaired) electrons. The molecule has 5 aliphatic rings. The summed E-state index contributed by atoms with van der Waals surface area (Å²) in [6.45, 7) is 8.88. The van der Waals surface area contributed by atoms with E-state index in [1.165, 1.54) is 18.2 Å². The van der Waals surface area contributed by atoms with Crippen molar-refractivity contribution in [2.45, 2.75) is 128 Å². The van der Waals surface area contributed by atoms with E-state index in [1.807, 2.05) is 66.7 Å². The molecule has 0 spiro atoms. The number of Topliss-reactive ketones (excluding diaryl/α,β-unsaturated/α-hetero) is 1. The molecule has 10 atom stereocenters. The summed E-state index contributed by atoms with van der Waals surface area (Å²) in [4.78, 5) is 98.9. The first-order chi connectivity index (χ1) is 39.9. The third-order valence-corrected chi connectivity index (χ3v) is 18.4. The molecule has 1 heterocycles. The molecule has 1 aromatic heterocycles. The lowest BCUT2D eigenvalue weighted by atomic mass is 9.44. The van der Waals surface area contributed by atoms with E-state index in [0.717, 1.165) is 33.0 Å². The smallest absolute Gasteiger partial charge is 0.407 e. The number of carbonyl (C=O) groups is 7. The number of hydrogen-bond donors (Lipinski definition) is 5. The Hall–Kier alpha value is -8.09. The summed E-state index contributed by atoms with van der Waals surface area (Å²) in [6, 6.07) is 28.0. The number of carbonyl (C=O) groups excluding carboxylic acids is 7. The van der Waals surface area contributed by atoms with Gasteiger partial charge in [0.1, 0.15) is 30.5 Å². The first kappa shape index (κ1) is 59.1. The Balaban J connectivity index is 0.810. The van der Waals surface area contributed by atoms with E-state index >= 15 is 4.39 Å². The van der Waals surface area contributed by atoms with Crippen molar-refractivity contribution in [3.63, 3.8) is 0 Å². The van der Waals surface area contributed by atoms with Crippen LogP contribution in [0.25, 0.3) is 21.9 Å². The van der Waals surface area contributed by atoms with E-state index in [1.54, 1.807) is 84.3 Å². The number of aliphatic hydroxyl groups is 2. The summed E-state index contributed by atoms with van der Waals surface area (Å²) in [5, 5.41) is 34.3. The summed E-state index contributed by atoms with van der Waals surface area (Å²) in [5.41, 5.74) is -1.57. The molecular weight excluding hydrogens is 1080 g/mol. The average molecular weight is 1150 g/mol. The maximum absolute atomic E-state index is 17.8. The van der Waals surface area contributed by atoms with Crippen molar-refractivity contribution in [1.82, 2.24) is 15.6 Å². The molecule has 5 aromatic rings. The Labute approximate surface area is 486 Å². The predicted molar refractivity (Wildman–Crippen MR) is 309 cm³/mol. The minimum atomic E-state index is -2.18. The van der Waals surface area contributed by atoms with Crippen LogP contribution in [0.5, 0.6) is 0 Å². The lowest BCUT2D eigenvalue weighted by Gasteiger charge is -2.62. The van der Waals surface area contributed by atoms with E-state index in [-0.39, 0.29) is 50.7 Å². The van der Waals surface area contributed by atoms with E-state index in [0.29, 0.717) is 35.2 Å². The van der Waals surface area contributed by atoms with Gasteiger partial charge in [-0.3, -0.25) is 24.2 Å². The van der Waals surface area contributed by atoms with Gasteiger partial charge in [-0.05, 0) is 141 Å². The SMILES string of the molecule is C[C@@H]1C[C@H]2[C@@H]3CCC4=CC(=O)C=C[C@]4(C)[C@@]3(F)[C@@H](O)C[C@]2(C)[C@@]1(O)C(=O)COC(=O)CC[C@H](NC(=O)OCC1c2ccccc2-c2ccccc21)C(=O)OCc1ccc([C@@H](CNC(=O)OC(C)(C)C)C(=O)Nc2ccc3cnccc3c2)cc1. The number of alkyl carbamates (subject to hydrolysis) is 2. The summed E-state index contributed by atoms with van der Waals surface area (Å²) in [7, 11) is 0. The number of alkyl halides is 1. The number of nitrogens with zero attached hydrogens (tertiary/aromatic N) is 1. The molecule has 4 aromatic carbocycles. The molecule has 0 saturated heterocycles. The Morgan fingerprint density at radius 1 is 0.857 bits per heavy atom. The highest BCUT2D eigenvalue weighted by atomic mass is 19.1. The van der Waals surface area contributed by atoms with Gasteiger partial charge >= 0.3 is 24.1 Å². The molecule has 0 aliphatic heterocycles. The van der Waals surface area contributed by atoms with Crippen molar-refractivity contribution in [1.29, 1.82) is 0 Å². The number of nitrogens with one attached hydrogen (secondary N) is 3. The van der Waals surface area contributed by atoms with Gasteiger partial charge < -0.3 is 45.1 Å². The summed E-state index contributed by atoms with van der Waals surface area (Å²) < 4.78 is 40.3. The number of allylic oxidation sites excluding steroid dienone is 4. The van der Waals surface area contributed by atoms with Crippen LogP contribution in [0.1, 0.15) is 114 Å². The number of aliphatic hydroxyl groups excluding tert-OH is 1. The van der Waals surface area contributed by atoms with Crippen molar-refractivity contribution in [3.8, 4) is 11.1 Å². The molecule has 18 heteroatoms. The summed E-state index contributed by atoms with van der Waals surface area (Å²) in [6.07, 6.45) is 4.25. The molecule has 10 rings (SSSR count). The molecule has 84 heavy (non-hydrogen) atoms. The Kier molecular flexibility index (Phi) is 16.3. The number of esters is 2. The van der Waals surface area contributed by atoms with E-state index in [4.69, 9.17) is 18.9 Å². The number of amides is 3. The lowest BCUT2D eigenvalue weighted by molar-refractivity contribution is -0.220. The van der Waals surface area contributed by atoms with Gasteiger partial charge in [0.25, 0.3) is 0 Å². The highest BCUT2D eigenvalue weighted by Crippen LogP contribution is 2.70. The minimum absolute atomic E-state index is 0.0783. The first-order valence-electron chi connectivity index (χ1n) is 28.6. The molecule has 0 bridgehead atoms. The van der Waals surface area contributed by atoms with Crippen LogP contribution in [-0.2, 0) is 49.5 Å². The van der Waals surface area contributed by atoms with Gasteiger partial charge in [-0.15, -0.1) is 0 Å². The Bertz CT molecular complexity index is 3440. The van der Waals surface area contributed by atoms with Gasteiger partial charge in [-0.2, -0.15) is 0 Å². The zero-order chi connectivity index (χ0) is 59.9. The monoisotopic (exact) mass is 1150 g/mol. The predicted octanol–water partition coefficient (Wildman–Crippen LogP) is 9.67. The zero-order valence-corrected chi connectivity index (χ0v) is 47.9. The second kappa shape index (κ2) is 23.2. The number of benzene rings is 4. The molecular formula is C66H71FN4O13. The average Bonchev–Trinajstić information content (AvgIpc) is 1.34. The van der Waals surface area contributed by atoms with Gasteiger partial charge in [0.15, 0.2) is 18.1 Å². The van der Waals surface area contributed by atoms with E-state index in [9.17, 15) is 43.8 Å². The highest BCUT2D eigenvalue weighted by Gasteiger charge is 2.75. The number of anilines is 1. The van der Waals surface area contributed by atoms with E-state index < -0.39 is 112 Å². The van der Waals surface area contributed by atoms with Gasteiger partial charge in [-0.1, -0.05) is 104 Å². The molecule has 3 saturated carbocycles. The van der Waals surface area contributed by atoms with Crippen molar-refractivity contribution < 1.29 is 67.1 Å². The zero-order valence-electron chi connectivity index (χ0n) is 47.9. The minimum Gasteiger partial charge on any atom is -0.459 e. The number of ketones is 2. The van der Waals surface area contributed by atoms with Crippen molar-refractivity contribution >= 4 is 58.1 Å². The second-order valence-corrected chi connectivity index (χ2v) is 24.5. The van der Waals surface area contributed by atoms with Crippen molar-refractivity contribution in [3.05, 3.63) is 156 Å². The molecule has 440 valence electrons. The first-order valence-corrected chi connectivity index (χ1v) is 28.6. The van der Waals surface area contributed by atoms with Crippen LogP contribution in [0.15, 0.2) is 133 Å². The topological polar surface area (TPSA) is 246 Å². The lowest BCUT2D eigenvalue weighted by Crippen LogP contribution is -2.69. The van der Waals surface area contributed by atoms with Gasteiger partial charge in [0.2, 0.25) is 11.7 Å². The summed E-state index contributed by atoms with van der Waals surface area (Å²) in [5.74, 6) is -6.55. The normalized spacial score (nSPS) is 26.4. The number of pyridine rings is 1. The Morgan fingerprint density at radius 2 is 1.56 bits per heavy atom. The van der Waals surface area contributed by atoms with Crippen molar-refractivity contribution in [2.75, 3.05) is 25.1 Å². The molecule has 3 amide bonds. The van der Waals surface area contributed by atoms with E-state index in [2.05, 4.69) is 20.9 Å². The van der Waals surface area contributed by atoms with Crippen LogP contribution in [0.3, 0.4) is 0 Å². The molecule has 17 nitrogen and oxygen atoms in total. The van der Waals surface area contributed by atoms with Gasteiger partial charge in [-0.25, -0.2) is 18.8 Å². The number of fused-ring (bicyclic) bond motifs is 9. The fraction of sp³-hybridized carbons (Fsp3) is 0.424. The van der Waals surface area contributed by atoms with Crippen LogP contribution in [0.2, 0.25) is 0 Å². The van der Waals surface area contributed by atoms with Crippen LogP contribution < -0.4 is 16.0 Å². The second-order valence-electron chi connectivity index (χ2n) is 24.5. The number of ether oxygens (including phenoxy) is 4. The van der Waals surface area contributed by atoms with Crippen LogP contribution in [0.4, 0.5) is 19.7 Å². The van der Waals surface area contributed by atoms with Crippen LogP contribution in [0, 0.1) is 28.6 Å². The van der Waals surface area contributed by atoms with Crippen LogP contribution in [-0.4, -0.2) is 106 Å². The third kappa shape index (κ3) is 11.1. The number of hydrogen-bond acceptors (Lipinski definition) is 14. The third-order valence-electron chi connectivity index (χ3n) is 18.4. The summed E-state index contributed by atoms with van der Waals surface area (Å²) >= 11 is 0. The largest absolute Gasteiger partial charge is 0.459 e.